The maximum Gasteiger partial charge on any atom is 0.280 e. The van der Waals surface area contributed by atoms with Crippen LogP contribution in [0, 0.1) is 10.5 Å². The summed E-state index contributed by atoms with van der Waals surface area (Å²) in [6.07, 6.45) is -2.49. The first-order valence-electron chi connectivity index (χ1n) is 3.56. The van der Waals surface area contributed by atoms with Crippen molar-refractivity contribution in [3.63, 3.8) is 0 Å². The van der Waals surface area contributed by atoms with Crippen LogP contribution in [-0.2, 0) is 5.33 Å². The van der Waals surface area contributed by atoms with Crippen LogP contribution in [0.3, 0.4) is 0 Å². The lowest BCUT2D eigenvalue weighted by molar-refractivity contribution is 0.145. The average molecular weight is 362 g/mol. The lowest BCUT2D eigenvalue weighted by atomic mass is 10.2. The van der Waals surface area contributed by atoms with E-state index in [1.165, 1.54) is 6.07 Å². The molecule has 0 saturated heterocycles. The highest BCUT2D eigenvalue weighted by Crippen LogP contribution is 2.23. The molecule has 0 aliphatic heterocycles. The molecular weight excluding hydrogens is 355 g/mol. The van der Waals surface area contributed by atoms with E-state index in [1.807, 2.05) is 29.5 Å². The Hall–Kier alpha value is 0.220. The van der Waals surface area contributed by atoms with E-state index in [0.717, 1.165) is 9.13 Å². The van der Waals surface area contributed by atoms with Crippen molar-refractivity contribution in [3.8, 4) is 0 Å². The summed E-state index contributed by atoms with van der Waals surface area (Å²) in [6, 6.07) is 1.42. The van der Waals surface area contributed by atoms with Gasteiger partial charge in [-0.25, -0.2) is 8.78 Å². The third kappa shape index (κ3) is 2.59. The molecule has 0 saturated carbocycles. The first-order valence-corrected chi connectivity index (χ1v) is 5.76. The van der Waals surface area contributed by atoms with Crippen molar-refractivity contribution < 1.29 is 8.78 Å². The average Bonchev–Trinajstić information content (AvgIpc) is 2.09. The maximum absolute atomic E-state index is 12.3. The second-order valence-corrected chi connectivity index (χ2v) is 4.26. The predicted octanol–water partition coefficient (Wildman–Crippen LogP) is 3.83. The second kappa shape index (κ2) is 4.63. The van der Waals surface area contributed by atoms with Gasteiger partial charge < -0.3 is 0 Å². The van der Waals surface area contributed by atoms with E-state index in [2.05, 4.69) is 20.9 Å². The van der Waals surface area contributed by atoms with Gasteiger partial charge in [0.15, 0.2) is 0 Å². The summed E-state index contributed by atoms with van der Waals surface area (Å²) in [5, 5.41) is 0.509. The zero-order chi connectivity index (χ0) is 10.0. The summed E-state index contributed by atoms with van der Waals surface area (Å²) in [7, 11) is 0. The van der Waals surface area contributed by atoms with E-state index >= 15 is 0 Å². The molecule has 0 radical (unpaired) electrons. The Kier molecular flexibility index (Phi) is 4.03. The molecule has 0 fully saturated rings. The van der Waals surface area contributed by atoms with E-state index < -0.39 is 6.43 Å². The van der Waals surface area contributed by atoms with Crippen molar-refractivity contribution in [2.45, 2.75) is 18.7 Å². The van der Waals surface area contributed by atoms with Gasteiger partial charge in [-0.3, -0.25) is 4.98 Å². The van der Waals surface area contributed by atoms with Crippen LogP contribution in [0.2, 0.25) is 0 Å². The highest BCUT2D eigenvalue weighted by Gasteiger charge is 2.13. The molecule has 72 valence electrons. The van der Waals surface area contributed by atoms with Gasteiger partial charge in [0.2, 0.25) is 0 Å². The standard InChI is InChI=1S/C8H7BrF2IN/c1-4-5(12)2-6(8(10)11)13-7(4)3-9/h2,8H,3H2,1H3. The Bertz CT molecular complexity index is 317. The molecular formula is C8H7BrF2IN. The third-order valence-electron chi connectivity index (χ3n) is 1.68. The van der Waals surface area contributed by atoms with Gasteiger partial charge in [-0.05, 0) is 41.1 Å². The fourth-order valence-electron chi connectivity index (χ4n) is 0.890. The topological polar surface area (TPSA) is 12.9 Å². The molecule has 0 unspecified atom stereocenters. The zero-order valence-corrected chi connectivity index (χ0v) is 10.6. The van der Waals surface area contributed by atoms with Crippen molar-refractivity contribution >= 4 is 38.5 Å². The minimum absolute atomic E-state index is 0.149. The molecule has 0 spiro atoms. The van der Waals surface area contributed by atoms with E-state index in [0.29, 0.717) is 11.0 Å². The number of rotatable bonds is 2. The normalized spacial score (nSPS) is 10.9. The molecule has 0 aliphatic carbocycles. The Balaban J connectivity index is 3.22. The van der Waals surface area contributed by atoms with Crippen LogP contribution in [-0.4, -0.2) is 4.98 Å². The fourth-order valence-corrected chi connectivity index (χ4v) is 2.07. The van der Waals surface area contributed by atoms with Crippen molar-refractivity contribution in [1.82, 2.24) is 4.98 Å². The number of hydrogen-bond acceptors (Lipinski definition) is 1. The lowest BCUT2D eigenvalue weighted by Crippen LogP contribution is -1.99. The van der Waals surface area contributed by atoms with Crippen molar-refractivity contribution in [2.75, 3.05) is 0 Å². The number of alkyl halides is 3. The molecule has 13 heavy (non-hydrogen) atoms. The van der Waals surface area contributed by atoms with Gasteiger partial charge in [-0.15, -0.1) is 0 Å². The van der Waals surface area contributed by atoms with Crippen LogP contribution in [0.25, 0.3) is 0 Å². The molecule has 0 N–H and O–H groups in total. The van der Waals surface area contributed by atoms with Crippen LogP contribution in [0.15, 0.2) is 6.07 Å². The minimum atomic E-state index is -2.49. The summed E-state index contributed by atoms with van der Waals surface area (Å²) in [6.45, 7) is 1.88. The summed E-state index contributed by atoms with van der Waals surface area (Å²) in [4.78, 5) is 3.85. The lowest BCUT2D eigenvalue weighted by Gasteiger charge is -2.07. The van der Waals surface area contributed by atoms with E-state index in [9.17, 15) is 8.78 Å². The van der Waals surface area contributed by atoms with Gasteiger partial charge in [-0.2, -0.15) is 0 Å². The van der Waals surface area contributed by atoms with Crippen LogP contribution >= 0.6 is 38.5 Å². The number of nitrogens with zero attached hydrogens (tertiary/aromatic N) is 1. The van der Waals surface area contributed by atoms with Gasteiger partial charge >= 0.3 is 0 Å². The van der Waals surface area contributed by atoms with Crippen molar-refractivity contribution in [2.24, 2.45) is 0 Å². The Labute approximate surface area is 97.2 Å². The van der Waals surface area contributed by atoms with Gasteiger partial charge in [-0.1, -0.05) is 15.9 Å². The minimum Gasteiger partial charge on any atom is -0.251 e. The zero-order valence-electron chi connectivity index (χ0n) is 6.82. The largest absolute Gasteiger partial charge is 0.280 e. The Morgan fingerprint density at radius 1 is 1.62 bits per heavy atom. The number of pyridine rings is 1. The number of hydrogen-bond donors (Lipinski definition) is 0. The van der Waals surface area contributed by atoms with Gasteiger partial charge in [0, 0.05) is 8.90 Å². The molecule has 1 aromatic rings. The van der Waals surface area contributed by atoms with Gasteiger partial charge in [0.1, 0.15) is 5.69 Å². The molecule has 0 amide bonds. The highest BCUT2D eigenvalue weighted by molar-refractivity contribution is 14.1. The molecule has 1 rings (SSSR count). The van der Waals surface area contributed by atoms with Crippen LogP contribution in [0.4, 0.5) is 8.78 Å². The van der Waals surface area contributed by atoms with Gasteiger partial charge in [0.25, 0.3) is 6.43 Å². The molecule has 1 heterocycles. The van der Waals surface area contributed by atoms with Crippen molar-refractivity contribution in [3.05, 3.63) is 26.6 Å². The monoisotopic (exact) mass is 361 g/mol. The smallest absolute Gasteiger partial charge is 0.251 e. The molecule has 0 aromatic carbocycles. The summed E-state index contributed by atoms with van der Waals surface area (Å²) < 4.78 is 25.5. The summed E-state index contributed by atoms with van der Waals surface area (Å²) in [5.41, 5.74) is 1.49. The predicted molar refractivity (Wildman–Crippen MR) is 59.3 cm³/mol. The van der Waals surface area contributed by atoms with Crippen LogP contribution in [0.5, 0.6) is 0 Å². The number of halogens is 4. The quantitative estimate of drug-likeness (QED) is 0.576. The fraction of sp³-hybridized carbons (Fsp3) is 0.375. The summed E-state index contributed by atoms with van der Waals surface area (Å²) in [5.74, 6) is 0. The van der Waals surface area contributed by atoms with E-state index in [1.54, 1.807) is 0 Å². The molecule has 0 atom stereocenters. The molecule has 0 bridgehead atoms. The van der Waals surface area contributed by atoms with Gasteiger partial charge in [0.05, 0.1) is 5.69 Å². The molecule has 1 aromatic heterocycles. The Morgan fingerprint density at radius 2 is 2.23 bits per heavy atom. The number of aromatic nitrogens is 1. The summed E-state index contributed by atoms with van der Waals surface area (Å²) >= 11 is 5.25. The first kappa shape index (κ1) is 11.3. The molecule has 1 nitrogen and oxygen atoms in total. The molecule has 0 aliphatic rings. The van der Waals surface area contributed by atoms with Crippen LogP contribution in [0.1, 0.15) is 23.4 Å². The first-order chi connectivity index (χ1) is 6.06. The highest BCUT2D eigenvalue weighted by atomic mass is 127. The third-order valence-corrected chi connectivity index (χ3v) is 3.33. The SMILES string of the molecule is Cc1c(I)cc(C(F)F)nc1CBr. The molecule has 5 heteroatoms. The van der Waals surface area contributed by atoms with E-state index in [-0.39, 0.29) is 5.69 Å². The van der Waals surface area contributed by atoms with E-state index in [4.69, 9.17) is 0 Å². The maximum atomic E-state index is 12.3. The Morgan fingerprint density at radius 3 is 2.69 bits per heavy atom. The van der Waals surface area contributed by atoms with Crippen LogP contribution < -0.4 is 0 Å². The second-order valence-electron chi connectivity index (χ2n) is 2.53. The van der Waals surface area contributed by atoms with Crippen molar-refractivity contribution in [1.29, 1.82) is 0 Å².